The van der Waals surface area contributed by atoms with Crippen molar-refractivity contribution < 1.29 is 56.0 Å². The average Bonchev–Trinajstić information content (AvgIpc) is 3.33. The van der Waals surface area contributed by atoms with E-state index in [0.29, 0.717) is 29.2 Å². The predicted molar refractivity (Wildman–Crippen MR) is 180 cm³/mol. The summed E-state index contributed by atoms with van der Waals surface area (Å²) < 4.78 is 44.0. The minimum absolute atomic E-state index is 0.0601. The van der Waals surface area contributed by atoms with Crippen LogP contribution in [0.2, 0.25) is 0 Å². The van der Waals surface area contributed by atoms with Gasteiger partial charge in [-0.3, -0.25) is 38.2 Å². The molecule has 0 aromatic heterocycles. The molecule has 4 N–H and O–H groups in total. The van der Waals surface area contributed by atoms with E-state index < -0.39 is 81.7 Å². The number of rotatable bonds is 18. The summed E-state index contributed by atoms with van der Waals surface area (Å²) in [6.07, 6.45) is 1.03. The van der Waals surface area contributed by atoms with Crippen LogP contribution < -0.4 is 16.0 Å². The van der Waals surface area contributed by atoms with Gasteiger partial charge in [0.2, 0.25) is 11.8 Å². The Morgan fingerprint density at radius 3 is 2.06 bits per heavy atom. The van der Waals surface area contributed by atoms with E-state index in [4.69, 9.17) is 9.47 Å². The van der Waals surface area contributed by atoms with Gasteiger partial charge >= 0.3 is 12.1 Å². The molecule has 276 valence electrons. The first-order chi connectivity index (χ1) is 23.2. The molecule has 0 saturated heterocycles. The van der Waals surface area contributed by atoms with Gasteiger partial charge in [-0.2, -0.15) is 8.42 Å². The van der Waals surface area contributed by atoms with Crippen molar-refractivity contribution >= 4 is 57.3 Å². The molecule has 1 heterocycles. The molecule has 17 heteroatoms. The zero-order chi connectivity index (χ0) is 37.8. The van der Waals surface area contributed by atoms with Crippen LogP contribution in [0.4, 0.5) is 10.5 Å². The van der Waals surface area contributed by atoms with Crippen LogP contribution in [-0.4, -0.2) is 90.3 Å². The lowest BCUT2D eigenvalue weighted by atomic mass is 9.88. The number of amides is 5. The maximum absolute atomic E-state index is 13.1. The van der Waals surface area contributed by atoms with Crippen molar-refractivity contribution in [2.24, 2.45) is 17.3 Å². The predicted octanol–water partition coefficient (Wildman–Crippen LogP) is 2.14. The normalized spacial score (nSPS) is 14.9. The molecule has 2 rings (SSSR count). The van der Waals surface area contributed by atoms with Crippen molar-refractivity contribution in [3.05, 3.63) is 42.0 Å². The molecule has 0 spiro atoms. The summed E-state index contributed by atoms with van der Waals surface area (Å²) in [5, 5.41) is 5.53. The Balaban J connectivity index is 1.84. The fourth-order valence-electron chi connectivity index (χ4n) is 4.43. The second-order valence-corrected chi connectivity index (χ2v) is 15.0. The first kappa shape index (κ1) is 41.5. The number of imide groups is 1. The molecule has 16 nitrogen and oxygen atoms in total. The van der Waals surface area contributed by atoms with Crippen molar-refractivity contribution in [2.45, 2.75) is 78.7 Å². The third kappa shape index (κ3) is 14.1. The van der Waals surface area contributed by atoms with E-state index >= 15 is 0 Å². The highest BCUT2D eigenvalue weighted by molar-refractivity contribution is 7.87. The Bertz CT molecular complexity index is 1550. The van der Waals surface area contributed by atoms with Gasteiger partial charge in [0.15, 0.2) is 11.0 Å². The van der Waals surface area contributed by atoms with Crippen LogP contribution >= 0.6 is 0 Å². The van der Waals surface area contributed by atoms with Crippen molar-refractivity contribution in [3.63, 3.8) is 0 Å². The van der Waals surface area contributed by atoms with Gasteiger partial charge in [0, 0.05) is 43.1 Å². The summed E-state index contributed by atoms with van der Waals surface area (Å²) in [5.41, 5.74) is 0.856. The molecule has 50 heavy (non-hydrogen) atoms. The fourth-order valence-corrected chi connectivity index (χ4v) is 5.20. The minimum Gasteiger partial charge on any atom is -0.465 e. The van der Waals surface area contributed by atoms with Crippen LogP contribution in [0.15, 0.2) is 36.4 Å². The lowest BCUT2D eigenvalue weighted by Gasteiger charge is -2.25. The van der Waals surface area contributed by atoms with Crippen molar-refractivity contribution in [1.29, 1.82) is 0 Å². The molecule has 1 unspecified atom stereocenters. The second-order valence-electron chi connectivity index (χ2n) is 13.4. The van der Waals surface area contributed by atoms with E-state index in [1.807, 2.05) is 20.8 Å². The van der Waals surface area contributed by atoms with E-state index in [2.05, 4.69) is 16.0 Å². The third-order valence-electron chi connectivity index (χ3n) is 7.37. The molecule has 1 aliphatic heterocycles. The molecule has 0 fully saturated rings. The zero-order valence-corrected chi connectivity index (χ0v) is 29.8. The third-order valence-corrected chi connectivity index (χ3v) is 8.50. The maximum atomic E-state index is 13.1. The number of nitrogens with one attached hydrogen (secondary N) is 3. The van der Waals surface area contributed by atoms with Gasteiger partial charge in [-0.25, -0.2) is 4.79 Å². The monoisotopic (exact) mass is 722 g/mol. The van der Waals surface area contributed by atoms with Crippen LogP contribution in [0.1, 0.15) is 66.4 Å². The first-order valence-electron chi connectivity index (χ1n) is 16.0. The molecule has 0 aliphatic carbocycles. The number of Topliss-reactive ketones (excluding diaryl/α,β-unsaturated/α-hetero) is 1. The van der Waals surface area contributed by atoms with Crippen molar-refractivity contribution in [3.8, 4) is 0 Å². The Morgan fingerprint density at radius 2 is 1.52 bits per heavy atom. The molecule has 0 bridgehead atoms. The number of esters is 1. The summed E-state index contributed by atoms with van der Waals surface area (Å²) in [5.74, 6) is -6.08. The second kappa shape index (κ2) is 18.4. The standard InChI is InChI=1S/C33H46N4O12S/c1-20(2)24(16-25(38)26(50(45,46)47)17-37-27(39)13-14-28(37)40)31(43)35-21(3)30(42)36-23-11-9-22(10-12-23)18-48-32(44)34-15-7-8-29(41)49-19-33(4,5)6/h9-14,20-21,24,26H,7-8,15-19H2,1-6H3,(H,34,44)(H,35,43)(H,36,42)(H,45,46,47)/t21-,24-,26?/m0/s1. The maximum Gasteiger partial charge on any atom is 0.407 e. The van der Waals surface area contributed by atoms with E-state index in [1.165, 1.54) is 6.92 Å². The van der Waals surface area contributed by atoms with Gasteiger partial charge in [0.1, 0.15) is 12.6 Å². The number of carbonyl (C=O) groups excluding carboxylic acids is 7. The number of hydrogen-bond donors (Lipinski definition) is 4. The molecule has 5 amide bonds. The first-order valence-corrected chi connectivity index (χ1v) is 17.5. The molecular weight excluding hydrogens is 676 g/mol. The van der Waals surface area contributed by atoms with Crippen LogP contribution in [0.5, 0.6) is 0 Å². The van der Waals surface area contributed by atoms with Gasteiger partial charge in [-0.15, -0.1) is 0 Å². The van der Waals surface area contributed by atoms with Crippen molar-refractivity contribution in [2.75, 3.05) is 25.0 Å². The quantitative estimate of drug-likeness (QED) is 0.0739. The summed E-state index contributed by atoms with van der Waals surface area (Å²) in [4.78, 5) is 86.9. The number of ether oxygens (including phenoxy) is 2. The smallest absolute Gasteiger partial charge is 0.407 e. The van der Waals surface area contributed by atoms with E-state index in [-0.39, 0.29) is 31.0 Å². The number of carbonyl (C=O) groups is 7. The Kier molecular flexibility index (Phi) is 15.3. The molecule has 0 saturated carbocycles. The largest absolute Gasteiger partial charge is 0.465 e. The summed E-state index contributed by atoms with van der Waals surface area (Å²) in [7, 11) is -5.05. The number of anilines is 1. The fraction of sp³-hybridized carbons (Fsp3) is 0.545. The van der Waals surface area contributed by atoms with Gasteiger partial charge in [0.05, 0.1) is 13.2 Å². The van der Waals surface area contributed by atoms with Gasteiger partial charge in [0.25, 0.3) is 21.9 Å². The van der Waals surface area contributed by atoms with Crippen LogP contribution in [0.3, 0.4) is 0 Å². The van der Waals surface area contributed by atoms with Gasteiger partial charge in [-0.05, 0) is 42.4 Å². The molecule has 1 aromatic carbocycles. The minimum atomic E-state index is -5.05. The molecule has 3 atom stereocenters. The molecule has 1 aromatic rings. The Morgan fingerprint density at radius 1 is 0.920 bits per heavy atom. The highest BCUT2D eigenvalue weighted by Crippen LogP contribution is 2.21. The van der Waals surface area contributed by atoms with Crippen molar-refractivity contribution in [1.82, 2.24) is 15.5 Å². The number of alkyl carbamates (subject to hydrolysis) is 1. The van der Waals surface area contributed by atoms with Crippen LogP contribution in [0.25, 0.3) is 0 Å². The van der Waals surface area contributed by atoms with E-state index in [9.17, 15) is 46.5 Å². The van der Waals surface area contributed by atoms with Gasteiger partial charge in [-0.1, -0.05) is 46.8 Å². The number of hydrogen-bond acceptors (Lipinski definition) is 11. The summed E-state index contributed by atoms with van der Waals surface area (Å²) in [6.45, 7) is 10.0. The number of nitrogens with zero attached hydrogens (tertiary/aromatic N) is 1. The van der Waals surface area contributed by atoms with E-state index in [1.54, 1.807) is 38.1 Å². The van der Waals surface area contributed by atoms with E-state index in [0.717, 1.165) is 12.2 Å². The Hall–Kier alpha value is -4.64. The SMILES string of the molecule is CC(C)[C@H](CC(=O)C(CN1C(=O)C=CC1=O)S(=O)(=O)O)C(=O)N[C@@H](C)C(=O)Nc1ccc(COC(=O)NCCCC(=O)OCC(C)(C)C)cc1. The zero-order valence-electron chi connectivity index (χ0n) is 29.0. The lowest BCUT2D eigenvalue weighted by Crippen LogP contribution is -2.48. The molecule has 1 aliphatic rings. The highest BCUT2D eigenvalue weighted by Gasteiger charge is 2.39. The average molecular weight is 723 g/mol. The van der Waals surface area contributed by atoms with Crippen LogP contribution in [-0.2, 0) is 55.0 Å². The lowest BCUT2D eigenvalue weighted by molar-refractivity contribution is -0.146. The Labute approximate surface area is 291 Å². The summed E-state index contributed by atoms with van der Waals surface area (Å²) >= 11 is 0. The molecular formula is C33H46N4O12S. The highest BCUT2D eigenvalue weighted by atomic mass is 32.2. The van der Waals surface area contributed by atoms with Crippen LogP contribution in [0, 0.1) is 17.3 Å². The topological polar surface area (TPSA) is 232 Å². The molecule has 0 radical (unpaired) electrons. The number of ketones is 1. The summed E-state index contributed by atoms with van der Waals surface area (Å²) in [6, 6.07) is 5.26. The number of benzene rings is 1. The van der Waals surface area contributed by atoms with Gasteiger partial charge < -0.3 is 25.4 Å².